The summed E-state index contributed by atoms with van der Waals surface area (Å²) in [5.41, 5.74) is 0. The molecular weight excluding hydrogens is 303 g/mol. The van der Waals surface area contributed by atoms with Gasteiger partial charge in [-0.3, -0.25) is 4.79 Å². The van der Waals surface area contributed by atoms with Gasteiger partial charge in [0.25, 0.3) is 0 Å². The largest absolute Gasteiger partial charge is 0.481 e. The molecule has 0 aliphatic heterocycles. The molecule has 1 N–H and O–H groups in total. The number of carboxylic acid groups (broad SMARTS) is 1. The standard InChI is InChI=1S/C12H25O4PS2/c1-9(2)6-15-17(16-7-10(3)4)19-18-8-11(5)12(13)14/h9-11H,6-8H2,1-5H3,(H,13,14). The van der Waals surface area contributed by atoms with Crippen LogP contribution in [0.2, 0.25) is 0 Å². The number of carbonyl (C=O) groups is 1. The van der Waals surface area contributed by atoms with E-state index in [4.69, 9.17) is 14.2 Å². The van der Waals surface area contributed by atoms with Gasteiger partial charge in [-0.25, -0.2) is 0 Å². The number of hydrogen-bond acceptors (Lipinski definition) is 5. The van der Waals surface area contributed by atoms with Crippen molar-refractivity contribution >= 4 is 34.8 Å². The lowest BCUT2D eigenvalue weighted by Crippen LogP contribution is -2.11. The zero-order valence-corrected chi connectivity index (χ0v) is 14.8. The molecule has 0 fully saturated rings. The molecular formula is C12H25O4PS2. The van der Waals surface area contributed by atoms with E-state index < -0.39 is 13.5 Å². The SMILES string of the molecule is CC(C)COP(OCC(C)C)SSCC(C)C(=O)O. The number of carboxylic acids is 1. The molecule has 0 aromatic carbocycles. The Hall–Kier alpha value is 0.520. The van der Waals surface area contributed by atoms with Crippen LogP contribution in [0.5, 0.6) is 0 Å². The van der Waals surface area contributed by atoms with E-state index in [0.29, 0.717) is 30.8 Å². The fourth-order valence-electron chi connectivity index (χ4n) is 0.747. The number of rotatable bonds is 11. The van der Waals surface area contributed by atoms with Crippen molar-refractivity contribution in [2.75, 3.05) is 19.0 Å². The Morgan fingerprint density at radius 1 is 1.11 bits per heavy atom. The molecule has 0 heterocycles. The van der Waals surface area contributed by atoms with Crippen LogP contribution in [0, 0.1) is 17.8 Å². The van der Waals surface area contributed by atoms with E-state index in [0.717, 1.165) is 0 Å². The second-order valence-corrected chi connectivity index (χ2v) is 10.3. The predicted molar refractivity (Wildman–Crippen MR) is 85.3 cm³/mol. The summed E-state index contributed by atoms with van der Waals surface area (Å²) >= 11 is 0. The van der Waals surface area contributed by atoms with Gasteiger partial charge < -0.3 is 14.2 Å². The fourth-order valence-corrected chi connectivity index (χ4v) is 6.01. The second-order valence-electron chi connectivity index (χ2n) is 5.20. The molecule has 0 amide bonds. The minimum absolute atomic E-state index is 0.343. The Morgan fingerprint density at radius 3 is 1.95 bits per heavy atom. The molecule has 1 unspecified atom stereocenters. The highest BCUT2D eigenvalue weighted by Gasteiger charge is 2.17. The molecule has 0 aromatic heterocycles. The molecule has 0 saturated heterocycles. The van der Waals surface area contributed by atoms with Crippen LogP contribution in [-0.4, -0.2) is 30.0 Å². The third-order valence-corrected chi connectivity index (χ3v) is 7.23. The third-order valence-electron chi connectivity index (χ3n) is 1.88. The Morgan fingerprint density at radius 2 is 1.58 bits per heavy atom. The lowest BCUT2D eigenvalue weighted by molar-refractivity contribution is -0.140. The molecule has 0 radical (unpaired) electrons. The van der Waals surface area contributed by atoms with Gasteiger partial charge >= 0.3 is 5.97 Å². The van der Waals surface area contributed by atoms with Crippen molar-refractivity contribution in [3.8, 4) is 0 Å². The van der Waals surface area contributed by atoms with E-state index >= 15 is 0 Å². The summed E-state index contributed by atoms with van der Waals surface area (Å²) in [4.78, 5) is 10.7. The molecule has 0 saturated carbocycles. The molecule has 1 atom stereocenters. The first kappa shape index (κ1) is 19.5. The monoisotopic (exact) mass is 328 g/mol. The van der Waals surface area contributed by atoms with Gasteiger partial charge in [0.1, 0.15) is 0 Å². The van der Waals surface area contributed by atoms with Crippen LogP contribution < -0.4 is 0 Å². The second kappa shape index (κ2) is 11.2. The summed E-state index contributed by atoms with van der Waals surface area (Å²) in [5, 5.41) is 8.82. The molecule has 0 aliphatic carbocycles. The van der Waals surface area contributed by atoms with E-state index in [1.165, 1.54) is 21.2 Å². The minimum atomic E-state index is -0.989. The molecule has 0 bridgehead atoms. The Labute approximate surface area is 125 Å². The van der Waals surface area contributed by atoms with Crippen LogP contribution >= 0.6 is 28.8 Å². The van der Waals surface area contributed by atoms with Crippen LogP contribution in [0.15, 0.2) is 0 Å². The molecule has 7 heteroatoms. The van der Waals surface area contributed by atoms with Crippen molar-refractivity contribution in [3.63, 3.8) is 0 Å². The molecule has 114 valence electrons. The molecule has 0 spiro atoms. The van der Waals surface area contributed by atoms with Crippen molar-refractivity contribution in [1.82, 2.24) is 0 Å². The first-order valence-corrected chi connectivity index (χ1v) is 10.5. The first-order valence-electron chi connectivity index (χ1n) is 6.41. The Kier molecular flexibility index (Phi) is 11.5. The van der Waals surface area contributed by atoms with Gasteiger partial charge in [0.05, 0.1) is 19.1 Å². The van der Waals surface area contributed by atoms with Gasteiger partial charge in [0.15, 0.2) is 0 Å². The van der Waals surface area contributed by atoms with Crippen LogP contribution in [0.1, 0.15) is 34.6 Å². The van der Waals surface area contributed by atoms with Gasteiger partial charge in [-0.15, -0.1) is 0 Å². The lowest BCUT2D eigenvalue weighted by atomic mass is 10.2. The normalized spacial score (nSPS) is 13.5. The van der Waals surface area contributed by atoms with Crippen LogP contribution in [0.25, 0.3) is 0 Å². The topological polar surface area (TPSA) is 55.8 Å². The predicted octanol–water partition coefficient (Wildman–Crippen LogP) is 4.66. The van der Waals surface area contributed by atoms with Gasteiger partial charge in [-0.1, -0.05) is 45.4 Å². The third kappa shape index (κ3) is 12.0. The minimum Gasteiger partial charge on any atom is -0.481 e. The average Bonchev–Trinajstić information content (AvgIpc) is 2.30. The summed E-state index contributed by atoms with van der Waals surface area (Å²) in [6.45, 7) is 11.4. The maximum atomic E-state index is 10.7. The van der Waals surface area contributed by atoms with Crippen molar-refractivity contribution in [2.24, 2.45) is 17.8 Å². The number of aliphatic carboxylic acids is 1. The van der Waals surface area contributed by atoms with Gasteiger partial charge in [-0.2, -0.15) is 0 Å². The molecule has 19 heavy (non-hydrogen) atoms. The summed E-state index contributed by atoms with van der Waals surface area (Å²) in [7, 11) is 2.05. The van der Waals surface area contributed by atoms with Crippen LogP contribution in [0.3, 0.4) is 0 Å². The Balaban J connectivity index is 3.99. The van der Waals surface area contributed by atoms with Gasteiger partial charge in [0, 0.05) is 5.75 Å². The molecule has 4 nitrogen and oxygen atoms in total. The van der Waals surface area contributed by atoms with Gasteiger partial charge in [-0.05, 0) is 22.2 Å². The van der Waals surface area contributed by atoms with Gasteiger partial charge in [0.2, 0.25) is 7.58 Å². The van der Waals surface area contributed by atoms with Crippen molar-refractivity contribution in [1.29, 1.82) is 0 Å². The Bertz CT molecular complexity index is 240. The highest BCUT2D eigenvalue weighted by molar-refractivity contribution is 8.97. The van der Waals surface area contributed by atoms with E-state index in [-0.39, 0.29) is 5.92 Å². The zero-order chi connectivity index (χ0) is 14.8. The maximum Gasteiger partial charge on any atom is 0.307 e. The fraction of sp³-hybridized carbons (Fsp3) is 0.917. The van der Waals surface area contributed by atoms with E-state index in [9.17, 15) is 4.79 Å². The molecule has 0 rings (SSSR count). The molecule has 0 aliphatic rings. The molecule has 0 aromatic rings. The van der Waals surface area contributed by atoms with Crippen molar-refractivity contribution < 1.29 is 18.9 Å². The van der Waals surface area contributed by atoms with E-state index in [1.807, 2.05) is 0 Å². The maximum absolute atomic E-state index is 10.7. The number of hydrogen-bond donors (Lipinski definition) is 1. The first-order chi connectivity index (χ1) is 8.82. The average molecular weight is 328 g/mol. The van der Waals surface area contributed by atoms with Crippen molar-refractivity contribution in [3.05, 3.63) is 0 Å². The van der Waals surface area contributed by atoms with Crippen LogP contribution in [-0.2, 0) is 13.8 Å². The van der Waals surface area contributed by atoms with E-state index in [1.54, 1.807) is 6.92 Å². The lowest BCUT2D eigenvalue weighted by Gasteiger charge is -2.18. The highest BCUT2D eigenvalue weighted by atomic mass is 33.3. The summed E-state index contributed by atoms with van der Waals surface area (Å²) in [6, 6.07) is 0. The zero-order valence-electron chi connectivity index (χ0n) is 12.3. The quantitative estimate of drug-likeness (QED) is 0.440. The van der Waals surface area contributed by atoms with Crippen LogP contribution in [0.4, 0.5) is 0 Å². The summed E-state index contributed by atoms with van der Waals surface area (Å²) in [6.07, 6.45) is 0. The highest BCUT2D eigenvalue weighted by Crippen LogP contribution is 2.58. The summed E-state index contributed by atoms with van der Waals surface area (Å²) < 4.78 is 11.5. The smallest absolute Gasteiger partial charge is 0.307 e. The summed E-state index contributed by atoms with van der Waals surface area (Å²) in [5.74, 6) is 0.398. The van der Waals surface area contributed by atoms with E-state index in [2.05, 4.69) is 27.7 Å². The van der Waals surface area contributed by atoms with Crippen molar-refractivity contribution in [2.45, 2.75) is 34.6 Å².